The first-order valence-electron chi connectivity index (χ1n) is 6.53. The topological polar surface area (TPSA) is 28.2 Å². The molecule has 1 aromatic carbocycles. The fraction of sp³-hybridized carbons (Fsp3) is 0.312. The fourth-order valence-electron chi connectivity index (χ4n) is 2.01. The molecule has 1 atom stereocenters. The van der Waals surface area contributed by atoms with Crippen molar-refractivity contribution in [2.75, 3.05) is 24.3 Å². The number of aromatic nitrogens is 1. The van der Waals surface area contributed by atoms with Gasteiger partial charge in [-0.3, -0.25) is 0 Å². The third-order valence-electron chi connectivity index (χ3n) is 3.13. The van der Waals surface area contributed by atoms with E-state index >= 15 is 0 Å². The molecule has 2 rings (SSSR count). The second kappa shape index (κ2) is 5.74. The Hall–Kier alpha value is -2.03. The zero-order valence-corrected chi connectivity index (χ0v) is 12.0. The van der Waals surface area contributed by atoms with Crippen LogP contribution in [0, 0.1) is 6.92 Å². The highest BCUT2D eigenvalue weighted by atomic mass is 15.1. The first-order valence-corrected chi connectivity index (χ1v) is 6.53. The number of benzene rings is 1. The molecule has 0 bridgehead atoms. The summed E-state index contributed by atoms with van der Waals surface area (Å²) in [5, 5.41) is 3.47. The molecule has 0 spiro atoms. The maximum atomic E-state index is 4.41. The summed E-state index contributed by atoms with van der Waals surface area (Å²) in [6.07, 6.45) is 1.88. The maximum absolute atomic E-state index is 4.41. The number of nitrogens with zero attached hydrogens (tertiary/aromatic N) is 2. The SMILES string of the molecule is Cc1cccc(C(C)Nc2ccc(N(C)C)nc2)c1. The van der Waals surface area contributed by atoms with Crippen molar-refractivity contribution in [3.8, 4) is 0 Å². The first-order chi connectivity index (χ1) is 9.06. The van der Waals surface area contributed by atoms with Gasteiger partial charge in [0, 0.05) is 20.1 Å². The Labute approximate surface area is 115 Å². The largest absolute Gasteiger partial charge is 0.377 e. The molecule has 100 valence electrons. The molecular formula is C16H21N3. The third-order valence-corrected chi connectivity index (χ3v) is 3.13. The first kappa shape index (κ1) is 13.4. The molecule has 1 N–H and O–H groups in total. The van der Waals surface area contributed by atoms with E-state index in [0.717, 1.165) is 11.5 Å². The number of rotatable bonds is 4. The van der Waals surface area contributed by atoms with Crippen LogP contribution >= 0.6 is 0 Å². The lowest BCUT2D eigenvalue weighted by molar-refractivity contribution is 0.880. The van der Waals surface area contributed by atoms with Crippen molar-refractivity contribution in [2.24, 2.45) is 0 Å². The Morgan fingerprint density at radius 2 is 1.95 bits per heavy atom. The molecule has 0 saturated heterocycles. The van der Waals surface area contributed by atoms with Gasteiger partial charge in [0.2, 0.25) is 0 Å². The van der Waals surface area contributed by atoms with Crippen molar-refractivity contribution in [3.63, 3.8) is 0 Å². The van der Waals surface area contributed by atoms with Crippen LogP contribution < -0.4 is 10.2 Å². The monoisotopic (exact) mass is 255 g/mol. The summed E-state index contributed by atoms with van der Waals surface area (Å²) in [4.78, 5) is 6.40. The third kappa shape index (κ3) is 3.47. The van der Waals surface area contributed by atoms with Gasteiger partial charge >= 0.3 is 0 Å². The number of anilines is 2. The van der Waals surface area contributed by atoms with E-state index in [1.54, 1.807) is 0 Å². The Morgan fingerprint density at radius 1 is 1.16 bits per heavy atom. The molecule has 1 unspecified atom stereocenters. The summed E-state index contributed by atoms with van der Waals surface area (Å²) in [6, 6.07) is 12.9. The molecule has 1 heterocycles. The quantitative estimate of drug-likeness (QED) is 0.904. The van der Waals surface area contributed by atoms with Crippen LogP contribution in [-0.2, 0) is 0 Å². The second-order valence-electron chi connectivity index (χ2n) is 5.08. The van der Waals surface area contributed by atoms with Crippen LogP contribution in [0.4, 0.5) is 11.5 Å². The molecule has 0 aliphatic rings. The summed E-state index contributed by atoms with van der Waals surface area (Å²) >= 11 is 0. The molecule has 0 saturated carbocycles. The summed E-state index contributed by atoms with van der Waals surface area (Å²) in [6.45, 7) is 4.28. The fourth-order valence-corrected chi connectivity index (χ4v) is 2.01. The molecule has 1 aromatic heterocycles. The molecule has 0 amide bonds. The lowest BCUT2D eigenvalue weighted by atomic mass is 10.1. The Morgan fingerprint density at radius 3 is 2.53 bits per heavy atom. The van der Waals surface area contributed by atoms with E-state index in [1.165, 1.54) is 11.1 Å². The van der Waals surface area contributed by atoms with Crippen LogP contribution in [0.3, 0.4) is 0 Å². The smallest absolute Gasteiger partial charge is 0.128 e. The molecule has 0 aliphatic carbocycles. The van der Waals surface area contributed by atoms with Gasteiger partial charge in [0.1, 0.15) is 5.82 Å². The van der Waals surface area contributed by atoms with Crippen LogP contribution in [0.15, 0.2) is 42.6 Å². The van der Waals surface area contributed by atoms with Crippen LogP contribution in [0.1, 0.15) is 24.1 Å². The van der Waals surface area contributed by atoms with Crippen LogP contribution in [-0.4, -0.2) is 19.1 Å². The van der Waals surface area contributed by atoms with E-state index in [9.17, 15) is 0 Å². The highest BCUT2D eigenvalue weighted by Gasteiger charge is 2.06. The van der Waals surface area contributed by atoms with Crippen molar-refractivity contribution in [2.45, 2.75) is 19.9 Å². The van der Waals surface area contributed by atoms with Gasteiger partial charge in [0.25, 0.3) is 0 Å². The predicted octanol–water partition coefficient (Wildman–Crippen LogP) is 3.63. The highest BCUT2D eigenvalue weighted by Crippen LogP contribution is 2.20. The molecule has 2 aromatic rings. The zero-order valence-electron chi connectivity index (χ0n) is 12.0. The summed E-state index contributed by atoms with van der Waals surface area (Å²) in [7, 11) is 3.98. The van der Waals surface area contributed by atoms with E-state index in [4.69, 9.17) is 0 Å². The molecule has 19 heavy (non-hydrogen) atoms. The average Bonchev–Trinajstić information content (AvgIpc) is 2.39. The number of pyridine rings is 1. The van der Waals surface area contributed by atoms with Gasteiger partial charge in [0.05, 0.1) is 11.9 Å². The summed E-state index contributed by atoms with van der Waals surface area (Å²) in [5.74, 6) is 0.966. The number of nitrogens with one attached hydrogen (secondary N) is 1. The number of aryl methyl sites for hydroxylation is 1. The van der Waals surface area contributed by atoms with Crippen molar-refractivity contribution < 1.29 is 0 Å². The van der Waals surface area contributed by atoms with Crippen LogP contribution in [0.2, 0.25) is 0 Å². The van der Waals surface area contributed by atoms with Gasteiger partial charge in [-0.25, -0.2) is 4.98 Å². The Kier molecular flexibility index (Phi) is 4.05. The molecule has 3 heteroatoms. The Balaban J connectivity index is 2.08. The minimum Gasteiger partial charge on any atom is -0.377 e. The van der Waals surface area contributed by atoms with Gasteiger partial charge < -0.3 is 10.2 Å². The highest BCUT2D eigenvalue weighted by molar-refractivity contribution is 5.49. The van der Waals surface area contributed by atoms with Gasteiger partial charge in [-0.05, 0) is 31.5 Å². The average molecular weight is 255 g/mol. The van der Waals surface area contributed by atoms with E-state index in [2.05, 4.69) is 54.5 Å². The normalized spacial score (nSPS) is 12.0. The number of hydrogen-bond donors (Lipinski definition) is 1. The molecule has 0 aliphatic heterocycles. The van der Waals surface area contributed by atoms with Gasteiger partial charge in [-0.15, -0.1) is 0 Å². The molecule has 0 radical (unpaired) electrons. The predicted molar refractivity (Wildman–Crippen MR) is 81.8 cm³/mol. The second-order valence-corrected chi connectivity index (χ2v) is 5.08. The zero-order chi connectivity index (χ0) is 13.8. The van der Waals surface area contributed by atoms with Crippen molar-refractivity contribution in [1.82, 2.24) is 4.98 Å². The molecular weight excluding hydrogens is 234 g/mol. The summed E-state index contributed by atoms with van der Waals surface area (Å²) in [5.41, 5.74) is 3.61. The van der Waals surface area contributed by atoms with E-state index in [0.29, 0.717) is 0 Å². The van der Waals surface area contributed by atoms with E-state index in [1.807, 2.05) is 31.3 Å². The molecule has 3 nitrogen and oxygen atoms in total. The van der Waals surface area contributed by atoms with Crippen molar-refractivity contribution in [3.05, 3.63) is 53.7 Å². The van der Waals surface area contributed by atoms with E-state index in [-0.39, 0.29) is 6.04 Å². The van der Waals surface area contributed by atoms with Gasteiger partial charge in [0.15, 0.2) is 0 Å². The van der Waals surface area contributed by atoms with Gasteiger partial charge in [-0.1, -0.05) is 29.8 Å². The standard InChI is InChI=1S/C16H21N3/c1-12-6-5-7-14(10-12)13(2)18-15-8-9-16(17-11-15)19(3)4/h5-11,13,18H,1-4H3. The lowest BCUT2D eigenvalue weighted by Gasteiger charge is -2.17. The Bertz CT molecular complexity index is 532. The molecule has 0 fully saturated rings. The lowest BCUT2D eigenvalue weighted by Crippen LogP contribution is -2.11. The number of hydrogen-bond acceptors (Lipinski definition) is 3. The van der Waals surface area contributed by atoms with Crippen molar-refractivity contribution >= 4 is 11.5 Å². The minimum absolute atomic E-state index is 0.270. The van der Waals surface area contributed by atoms with Crippen LogP contribution in [0.25, 0.3) is 0 Å². The van der Waals surface area contributed by atoms with Crippen molar-refractivity contribution in [1.29, 1.82) is 0 Å². The van der Waals surface area contributed by atoms with Crippen LogP contribution in [0.5, 0.6) is 0 Å². The van der Waals surface area contributed by atoms with E-state index < -0.39 is 0 Å². The maximum Gasteiger partial charge on any atom is 0.128 e. The minimum atomic E-state index is 0.270. The van der Waals surface area contributed by atoms with Gasteiger partial charge in [-0.2, -0.15) is 0 Å². The summed E-state index contributed by atoms with van der Waals surface area (Å²) < 4.78 is 0.